The van der Waals surface area contributed by atoms with E-state index in [1.807, 2.05) is 19.1 Å². The van der Waals surface area contributed by atoms with E-state index in [0.29, 0.717) is 17.8 Å². The predicted molar refractivity (Wildman–Crippen MR) is 97.0 cm³/mol. The first-order valence-corrected chi connectivity index (χ1v) is 8.35. The van der Waals surface area contributed by atoms with E-state index in [9.17, 15) is 20.0 Å². The molecule has 0 radical (unpaired) electrons. The molecule has 2 heterocycles. The molecule has 1 amide bonds. The Kier molecular flexibility index (Phi) is 4.97. The summed E-state index contributed by atoms with van der Waals surface area (Å²) in [4.78, 5) is 26.4. The maximum Gasteiger partial charge on any atom is 0.343 e. The lowest BCUT2D eigenvalue weighted by Gasteiger charge is -2.03. The van der Waals surface area contributed by atoms with Crippen molar-refractivity contribution in [2.45, 2.75) is 33.4 Å². The van der Waals surface area contributed by atoms with Crippen LogP contribution in [-0.2, 0) is 17.9 Å². The molecule has 27 heavy (non-hydrogen) atoms. The Hall–Kier alpha value is -3.56. The lowest BCUT2D eigenvalue weighted by molar-refractivity contribution is -0.392. The summed E-state index contributed by atoms with van der Waals surface area (Å²) in [6.07, 6.45) is 1.90. The van der Waals surface area contributed by atoms with Crippen molar-refractivity contribution in [1.82, 2.24) is 14.1 Å². The number of fused-ring (bicyclic) bond motifs is 1. The Labute approximate surface area is 153 Å². The Morgan fingerprint density at radius 3 is 2.78 bits per heavy atom. The molecule has 3 aromatic rings. The number of nitrogens with zero attached hydrogens (tertiary/aromatic N) is 6. The van der Waals surface area contributed by atoms with Crippen LogP contribution in [0.25, 0.3) is 10.9 Å². The van der Waals surface area contributed by atoms with Gasteiger partial charge in [-0.3, -0.25) is 4.79 Å². The van der Waals surface area contributed by atoms with Crippen molar-refractivity contribution in [3.05, 3.63) is 46.4 Å². The minimum absolute atomic E-state index is 0.0700. The van der Waals surface area contributed by atoms with Crippen molar-refractivity contribution in [2.24, 2.45) is 10.2 Å². The van der Waals surface area contributed by atoms with Gasteiger partial charge < -0.3 is 19.8 Å². The van der Waals surface area contributed by atoms with Crippen molar-refractivity contribution in [2.75, 3.05) is 0 Å². The normalized spacial score (nSPS) is 11.5. The average Bonchev–Trinajstić information content (AvgIpc) is 3.12. The number of rotatable bonds is 6. The zero-order chi connectivity index (χ0) is 19.6. The number of carbonyl (C=O) groups is 1. The third-order valence-electron chi connectivity index (χ3n) is 4.14. The molecule has 2 aromatic heterocycles. The number of hydrogen-bond donors (Lipinski definition) is 1. The first-order valence-electron chi connectivity index (χ1n) is 8.35. The van der Waals surface area contributed by atoms with Gasteiger partial charge in [-0.15, -0.1) is 10.2 Å². The highest BCUT2D eigenvalue weighted by Crippen LogP contribution is 2.38. The fourth-order valence-corrected chi connectivity index (χ4v) is 2.89. The van der Waals surface area contributed by atoms with Crippen molar-refractivity contribution in [3.63, 3.8) is 0 Å². The number of nitro groups is 1. The molecule has 0 aliphatic rings. The number of hydrogen-bond acceptors (Lipinski definition) is 6. The van der Waals surface area contributed by atoms with Crippen LogP contribution < -0.4 is 0 Å². The van der Waals surface area contributed by atoms with Crippen molar-refractivity contribution in [3.8, 4) is 5.88 Å². The molecule has 0 spiro atoms. The van der Waals surface area contributed by atoms with Crippen LogP contribution in [0, 0.1) is 17.0 Å². The van der Waals surface area contributed by atoms with Gasteiger partial charge in [0, 0.05) is 18.9 Å². The highest BCUT2D eigenvalue weighted by Gasteiger charge is 2.21. The lowest BCUT2D eigenvalue weighted by atomic mass is 10.2. The van der Waals surface area contributed by atoms with Crippen molar-refractivity contribution >= 4 is 28.3 Å². The Bertz CT molecular complexity index is 1050. The Balaban J connectivity index is 1.91. The molecule has 0 saturated heterocycles. The summed E-state index contributed by atoms with van der Waals surface area (Å²) in [7, 11) is 0. The second-order valence-electron chi connectivity index (χ2n) is 5.94. The minimum atomic E-state index is -0.689. The SMILES string of the molecule is CCCn1c(O)c(N=NC(=O)Cn2c([N+](=O)[O-])cnc2C)c2ccccc21. The number of amides is 1. The van der Waals surface area contributed by atoms with E-state index >= 15 is 0 Å². The summed E-state index contributed by atoms with van der Waals surface area (Å²) < 4.78 is 2.86. The molecular formula is C17H18N6O4. The average molecular weight is 370 g/mol. The van der Waals surface area contributed by atoms with Gasteiger partial charge in [0.15, 0.2) is 18.1 Å². The first kappa shape index (κ1) is 18.2. The summed E-state index contributed by atoms with van der Waals surface area (Å²) in [5.41, 5.74) is 0.989. The molecule has 0 fully saturated rings. The third kappa shape index (κ3) is 3.41. The summed E-state index contributed by atoms with van der Waals surface area (Å²) >= 11 is 0. The van der Waals surface area contributed by atoms with Gasteiger partial charge in [-0.1, -0.05) is 25.1 Å². The molecule has 0 unspecified atom stereocenters. The van der Waals surface area contributed by atoms with E-state index in [4.69, 9.17) is 0 Å². The summed E-state index contributed by atoms with van der Waals surface area (Å²) in [6.45, 7) is 3.77. The Morgan fingerprint density at radius 1 is 1.33 bits per heavy atom. The minimum Gasteiger partial charge on any atom is -0.493 e. The van der Waals surface area contributed by atoms with Crippen LogP contribution in [0.4, 0.5) is 11.5 Å². The molecule has 10 nitrogen and oxygen atoms in total. The number of carbonyl (C=O) groups excluding carboxylic acids is 1. The van der Waals surface area contributed by atoms with E-state index in [0.717, 1.165) is 22.7 Å². The van der Waals surface area contributed by atoms with E-state index in [1.54, 1.807) is 23.6 Å². The van der Waals surface area contributed by atoms with Crippen LogP contribution >= 0.6 is 0 Å². The maximum absolute atomic E-state index is 12.2. The summed E-state index contributed by atoms with van der Waals surface area (Å²) in [6, 6.07) is 7.28. The molecule has 1 N–H and O–H groups in total. The van der Waals surface area contributed by atoms with Gasteiger partial charge in [-0.2, -0.15) is 0 Å². The molecule has 140 valence electrons. The topological polar surface area (TPSA) is 128 Å². The molecule has 0 atom stereocenters. The van der Waals surface area contributed by atoms with E-state index in [2.05, 4.69) is 15.2 Å². The van der Waals surface area contributed by atoms with Crippen molar-refractivity contribution < 1.29 is 14.8 Å². The van der Waals surface area contributed by atoms with E-state index in [-0.39, 0.29) is 23.9 Å². The summed E-state index contributed by atoms with van der Waals surface area (Å²) in [5.74, 6) is -0.726. The highest BCUT2D eigenvalue weighted by atomic mass is 16.6. The monoisotopic (exact) mass is 370 g/mol. The Morgan fingerprint density at radius 2 is 2.07 bits per heavy atom. The lowest BCUT2D eigenvalue weighted by Crippen LogP contribution is -2.11. The van der Waals surface area contributed by atoms with Gasteiger partial charge in [0.1, 0.15) is 6.20 Å². The number of aromatic hydroxyl groups is 1. The second-order valence-corrected chi connectivity index (χ2v) is 5.94. The fraction of sp³-hybridized carbons (Fsp3) is 0.294. The van der Waals surface area contributed by atoms with Gasteiger partial charge in [-0.25, -0.2) is 9.55 Å². The van der Waals surface area contributed by atoms with Crippen LogP contribution in [-0.4, -0.2) is 30.1 Å². The molecule has 3 rings (SSSR count). The van der Waals surface area contributed by atoms with E-state index in [1.165, 1.54) is 0 Å². The zero-order valence-electron chi connectivity index (χ0n) is 14.9. The molecular weight excluding hydrogens is 352 g/mol. The fourth-order valence-electron chi connectivity index (χ4n) is 2.89. The van der Waals surface area contributed by atoms with Crippen LogP contribution in [0.1, 0.15) is 19.2 Å². The largest absolute Gasteiger partial charge is 0.493 e. The van der Waals surface area contributed by atoms with Crippen LogP contribution in [0.2, 0.25) is 0 Å². The van der Waals surface area contributed by atoms with Crippen LogP contribution in [0.15, 0.2) is 40.7 Å². The van der Waals surface area contributed by atoms with Gasteiger partial charge in [0.05, 0.1) is 5.52 Å². The number of para-hydroxylation sites is 1. The van der Waals surface area contributed by atoms with Gasteiger partial charge in [-0.05, 0) is 17.4 Å². The molecule has 0 aliphatic heterocycles. The standard InChI is InChI=1S/C17H18N6O4/c1-3-8-21-13-7-5-4-6-12(13)16(17(21)25)20-19-14(24)10-22-11(2)18-9-15(22)23(26)27/h4-7,9,25H,3,8,10H2,1-2H3. The zero-order valence-corrected chi connectivity index (χ0v) is 14.9. The number of aryl methyl sites for hydroxylation is 2. The van der Waals surface area contributed by atoms with Gasteiger partial charge in [0.25, 0.3) is 0 Å². The first-order chi connectivity index (χ1) is 12.9. The maximum atomic E-state index is 12.2. The van der Waals surface area contributed by atoms with Crippen LogP contribution in [0.3, 0.4) is 0 Å². The smallest absolute Gasteiger partial charge is 0.343 e. The number of aromatic nitrogens is 3. The van der Waals surface area contributed by atoms with Gasteiger partial charge in [0.2, 0.25) is 5.88 Å². The summed E-state index contributed by atoms with van der Waals surface area (Å²) in [5, 5.41) is 29.7. The number of benzene rings is 1. The third-order valence-corrected chi connectivity index (χ3v) is 4.14. The second kappa shape index (κ2) is 7.36. The van der Waals surface area contributed by atoms with Gasteiger partial charge >= 0.3 is 11.7 Å². The predicted octanol–water partition coefficient (Wildman–Crippen LogP) is 3.48. The number of azo groups is 1. The molecule has 0 bridgehead atoms. The molecule has 1 aromatic carbocycles. The molecule has 0 saturated carbocycles. The number of imidazole rings is 1. The van der Waals surface area contributed by atoms with Crippen LogP contribution in [0.5, 0.6) is 5.88 Å². The van der Waals surface area contributed by atoms with Crippen molar-refractivity contribution in [1.29, 1.82) is 0 Å². The highest BCUT2D eigenvalue weighted by molar-refractivity contribution is 5.95. The molecule has 10 heteroatoms. The van der Waals surface area contributed by atoms with E-state index < -0.39 is 10.8 Å². The quantitative estimate of drug-likeness (QED) is 0.403. The molecule has 0 aliphatic carbocycles.